The van der Waals surface area contributed by atoms with Crippen molar-refractivity contribution in [2.24, 2.45) is 0 Å². The second-order valence-electron chi connectivity index (χ2n) is 5.91. The summed E-state index contributed by atoms with van der Waals surface area (Å²) in [5.74, 6) is -1.04. The van der Waals surface area contributed by atoms with Gasteiger partial charge >= 0.3 is 29.6 Å². The number of hydrogen-bond donors (Lipinski definition) is 0. The molecule has 0 saturated carbocycles. The van der Waals surface area contributed by atoms with Crippen LogP contribution < -0.4 is 34.7 Å². The van der Waals surface area contributed by atoms with Gasteiger partial charge in [-0.3, -0.25) is 0 Å². The molecule has 0 aromatic heterocycles. The van der Waals surface area contributed by atoms with Crippen molar-refractivity contribution in [2.75, 3.05) is 0 Å². The molecule has 0 aliphatic carbocycles. The summed E-state index contributed by atoms with van der Waals surface area (Å²) < 4.78 is 0. The molecule has 0 amide bonds. The zero-order valence-electron chi connectivity index (χ0n) is 15.7. The maximum Gasteiger partial charge on any atom is 1.00 e. The van der Waals surface area contributed by atoms with Crippen molar-refractivity contribution in [3.8, 4) is 0 Å². The Bertz CT molecular complexity index is 307. The van der Waals surface area contributed by atoms with E-state index in [1.165, 1.54) is 51.4 Å². The Morgan fingerprint density at radius 2 is 1.35 bits per heavy atom. The van der Waals surface area contributed by atoms with E-state index >= 15 is 0 Å². The molecule has 128 valence electrons. The van der Waals surface area contributed by atoms with Gasteiger partial charge in [-0.25, -0.2) is 0 Å². The molecule has 0 bridgehead atoms. The average molecular weight is 331 g/mol. The van der Waals surface area contributed by atoms with E-state index in [4.69, 9.17) is 0 Å². The van der Waals surface area contributed by atoms with E-state index in [2.05, 4.69) is 26.0 Å². The number of carboxylic acids is 1. The monoisotopic (exact) mass is 331 g/mol. The standard InChI is InChI=1S/C19H35NO2.Na/c1-4-6-8-10-12-14-16-20(18(3)19(21)22)17-15-13-11-9-7-5-2;/h14-18H,4-13H2,1-3H3,(H,21,22);/q;+1/p-1/b16-14+,17-15+;. The number of carboxylic acid groups (broad SMARTS) is 1. The summed E-state index contributed by atoms with van der Waals surface area (Å²) in [6.07, 6.45) is 19.7. The van der Waals surface area contributed by atoms with E-state index in [0.717, 1.165) is 12.8 Å². The summed E-state index contributed by atoms with van der Waals surface area (Å²) in [4.78, 5) is 12.8. The molecule has 3 nitrogen and oxygen atoms in total. The van der Waals surface area contributed by atoms with Crippen molar-refractivity contribution >= 4 is 5.97 Å². The van der Waals surface area contributed by atoms with Crippen molar-refractivity contribution in [3.63, 3.8) is 0 Å². The van der Waals surface area contributed by atoms with Gasteiger partial charge in [0.1, 0.15) is 0 Å². The first-order chi connectivity index (χ1) is 10.6. The molecule has 1 atom stereocenters. The smallest absolute Gasteiger partial charge is 0.548 e. The van der Waals surface area contributed by atoms with Crippen LogP contribution in [-0.2, 0) is 4.79 Å². The van der Waals surface area contributed by atoms with Crippen LogP contribution in [-0.4, -0.2) is 16.9 Å². The maximum absolute atomic E-state index is 11.1. The Hall–Kier alpha value is -0.250. The molecule has 0 radical (unpaired) electrons. The predicted molar refractivity (Wildman–Crippen MR) is 92.1 cm³/mol. The molecule has 0 aromatic carbocycles. The van der Waals surface area contributed by atoms with Crippen LogP contribution >= 0.6 is 0 Å². The third kappa shape index (κ3) is 15.0. The van der Waals surface area contributed by atoms with E-state index in [1.807, 2.05) is 12.4 Å². The van der Waals surface area contributed by atoms with Gasteiger partial charge in [-0.1, -0.05) is 64.5 Å². The van der Waals surface area contributed by atoms with E-state index in [0.29, 0.717) is 0 Å². The van der Waals surface area contributed by atoms with Gasteiger partial charge in [0, 0.05) is 12.4 Å². The number of carbonyl (C=O) groups is 1. The Balaban J connectivity index is 0. The Morgan fingerprint density at radius 3 is 1.70 bits per heavy atom. The maximum atomic E-state index is 11.1. The van der Waals surface area contributed by atoms with E-state index in [1.54, 1.807) is 11.8 Å². The van der Waals surface area contributed by atoms with Crippen LogP contribution in [0.3, 0.4) is 0 Å². The minimum absolute atomic E-state index is 0. The molecule has 0 aromatic rings. The summed E-state index contributed by atoms with van der Waals surface area (Å²) in [5, 5.41) is 11.1. The number of rotatable bonds is 14. The number of nitrogens with zero attached hydrogens (tertiary/aromatic N) is 1. The molecule has 0 aliphatic heterocycles. The van der Waals surface area contributed by atoms with Crippen molar-refractivity contribution in [1.82, 2.24) is 4.90 Å². The third-order valence-corrected chi connectivity index (χ3v) is 3.79. The second kappa shape index (κ2) is 18.1. The molecule has 0 heterocycles. The molecule has 0 N–H and O–H groups in total. The Kier molecular flexibility index (Phi) is 19.7. The minimum Gasteiger partial charge on any atom is -0.548 e. The predicted octanol–water partition coefficient (Wildman–Crippen LogP) is 1.40. The van der Waals surface area contributed by atoms with E-state index in [9.17, 15) is 9.90 Å². The van der Waals surface area contributed by atoms with Gasteiger partial charge in [0.15, 0.2) is 0 Å². The summed E-state index contributed by atoms with van der Waals surface area (Å²) in [6, 6.07) is -0.626. The van der Waals surface area contributed by atoms with Crippen LogP contribution in [0.5, 0.6) is 0 Å². The zero-order valence-corrected chi connectivity index (χ0v) is 17.7. The largest absolute Gasteiger partial charge is 1.00 e. The molecule has 0 aliphatic rings. The minimum atomic E-state index is -1.04. The summed E-state index contributed by atoms with van der Waals surface area (Å²) in [6.45, 7) is 6.06. The molecule has 4 heteroatoms. The van der Waals surface area contributed by atoms with Gasteiger partial charge < -0.3 is 14.8 Å². The normalized spacial score (nSPS) is 12.5. The third-order valence-electron chi connectivity index (χ3n) is 3.79. The van der Waals surface area contributed by atoms with Crippen LogP contribution in [0, 0.1) is 0 Å². The SMILES string of the molecule is CCCCCC/C=C/N(/C=C/CCCCCC)C(C)C(=O)[O-].[Na+]. The molecule has 0 fully saturated rings. The fourth-order valence-corrected chi connectivity index (χ4v) is 2.20. The van der Waals surface area contributed by atoms with Crippen LogP contribution in [0.4, 0.5) is 0 Å². The van der Waals surface area contributed by atoms with Gasteiger partial charge in [0.25, 0.3) is 0 Å². The summed E-state index contributed by atoms with van der Waals surface area (Å²) in [7, 11) is 0. The molecule has 23 heavy (non-hydrogen) atoms. The summed E-state index contributed by atoms with van der Waals surface area (Å²) in [5.41, 5.74) is 0. The summed E-state index contributed by atoms with van der Waals surface area (Å²) >= 11 is 0. The first-order valence-electron chi connectivity index (χ1n) is 8.95. The van der Waals surface area contributed by atoms with Gasteiger partial charge in [-0.05, 0) is 32.6 Å². The number of carbonyl (C=O) groups excluding carboxylic acids is 1. The second-order valence-corrected chi connectivity index (χ2v) is 5.91. The molecule has 0 saturated heterocycles. The van der Waals surface area contributed by atoms with Gasteiger partial charge in [0.2, 0.25) is 0 Å². The van der Waals surface area contributed by atoms with Crippen LogP contribution in [0.2, 0.25) is 0 Å². The zero-order chi connectivity index (χ0) is 16.6. The topological polar surface area (TPSA) is 43.4 Å². The quantitative estimate of drug-likeness (QED) is 0.357. The number of unbranched alkanes of at least 4 members (excludes halogenated alkanes) is 8. The Labute approximate surface area is 165 Å². The molecule has 1 unspecified atom stereocenters. The van der Waals surface area contributed by atoms with Crippen LogP contribution in [0.1, 0.15) is 85.0 Å². The number of hydrogen-bond acceptors (Lipinski definition) is 3. The number of aliphatic carboxylic acids is 1. The first kappa shape index (κ1) is 25.0. The van der Waals surface area contributed by atoms with Crippen molar-refractivity contribution in [2.45, 2.75) is 91.0 Å². The Morgan fingerprint density at radius 1 is 0.913 bits per heavy atom. The average Bonchev–Trinajstić information content (AvgIpc) is 2.51. The van der Waals surface area contributed by atoms with Crippen molar-refractivity contribution < 1.29 is 39.5 Å². The van der Waals surface area contributed by atoms with Gasteiger partial charge in [0.05, 0.1) is 12.0 Å². The van der Waals surface area contributed by atoms with E-state index < -0.39 is 12.0 Å². The van der Waals surface area contributed by atoms with Crippen LogP contribution in [0.25, 0.3) is 0 Å². The molecular weight excluding hydrogens is 297 g/mol. The first-order valence-corrected chi connectivity index (χ1v) is 8.95. The fraction of sp³-hybridized carbons (Fsp3) is 0.737. The fourth-order valence-electron chi connectivity index (χ4n) is 2.20. The molecular formula is C19H34NNaO2. The van der Waals surface area contributed by atoms with Crippen molar-refractivity contribution in [3.05, 3.63) is 24.6 Å². The number of allylic oxidation sites excluding steroid dienone is 2. The van der Waals surface area contributed by atoms with Gasteiger partial charge in [-0.15, -0.1) is 0 Å². The molecule has 0 rings (SSSR count). The van der Waals surface area contributed by atoms with Crippen LogP contribution in [0.15, 0.2) is 24.6 Å². The van der Waals surface area contributed by atoms with Crippen molar-refractivity contribution in [1.29, 1.82) is 0 Å². The van der Waals surface area contributed by atoms with E-state index in [-0.39, 0.29) is 29.6 Å². The molecule has 0 spiro atoms. The van der Waals surface area contributed by atoms with Gasteiger partial charge in [-0.2, -0.15) is 0 Å².